The Hall–Kier alpha value is -3.42. The molecule has 1 fully saturated rings. The van der Waals surface area contributed by atoms with Crippen LogP contribution in [-0.2, 0) is 23.1 Å². The molecule has 2 unspecified atom stereocenters. The van der Waals surface area contributed by atoms with E-state index in [9.17, 15) is 9.59 Å². The van der Waals surface area contributed by atoms with E-state index in [1.807, 2.05) is 54.1 Å². The number of benzene rings is 3. The Morgan fingerprint density at radius 3 is 2.59 bits per heavy atom. The van der Waals surface area contributed by atoms with E-state index in [4.69, 9.17) is 10.7 Å². The molecule has 0 saturated carbocycles. The summed E-state index contributed by atoms with van der Waals surface area (Å²) >= 11 is 1.45. The average molecular weight is 512 g/mol. The van der Waals surface area contributed by atoms with Crippen molar-refractivity contribution in [2.24, 2.45) is 12.8 Å². The molecule has 2 amide bonds. The molecule has 4 aromatic rings. The summed E-state index contributed by atoms with van der Waals surface area (Å²) in [6, 6.07) is 24.3. The number of amides is 2. The van der Waals surface area contributed by atoms with Crippen molar-refractivity contribution in [1.29, 1.82) is 0 Å². The highest BCUT2D eigenvalue weighted by molar-refractivity contribution is 7.99. The third-order valence-electron chi connectivity index (χ3n) is 8.28. The van der Waals surface area contributed by atoms with Crippen molar-refractivity contribution in [3.8, 4) is 11.1 Å². The third kappa shape index (κ3) is 3.97. The Labute approximate surface area is 221 Å². The second-order valence-corrected chi connectivity index (χ2v) is 11.1. The summed E-state index contributed by atoms with van der Waals surface area (Å²) in [5, 5.41) is 0.806. The van der Waals surface area contributed by atoms with Crippen LogP contribution in [0, 0.1) is 0 Å². The lowest BCUT2D eigenvalue weighted by Crippen LogP contribution is -2.62. The number of primary amides is 1. The largest absolute Gasteiger partial charge is 0.364 e. The molecule has 1 aliphatic heterocycles. The molecular weight excluding hydrogens is 480 g/mol. The van der Waals surface area contributed by atoms with Crippen molar-refractivity contribution in [2.75, 3.05) is 12.3 Å². The molecule has 2 heterocycles. The number of carbonyl (C=O) groups is 2. The van der Waals surface area contributed by atoms with Gasteiger partial charge < -0.3 is 10.3 Å². The highest BCUT2D eigenvalue weighted by atomic mass is 32.2. The zero-order valence-electron chi connectivity index (χ0n) is 21.0. The van der Waals surface area contributed by atoms with Crippen LogP contribution in [0.1, 0.15) is 36.4 Å². The van der Waals surface area contributed by atoms with Crippen molar-refractivity contribution in [1.82, 2.24) is 9.55 Å². The van der Waals surface area contributed by atoms with E-state index in [0.717, 1.165) is 46.6 Å². The average Bonchev–Trinajstić information content (AvgIpc) is 3.63. The number of hydrogen-bond acceptors (Lipinski definition) is 4. The maximum Gasteiger partial charge on any atom is 0.325 e. The van der Waals surface area contributed by atoms with Gasteiger partial charge in [-0.2, -0.15) is 0 Å². The highest BCUT2D eigenvalue weighted by Gasteiger charge is 2.57. The topological polar surface area (TPSA) is 78.0 Å². The van der Waals surface area contributed by atoms with Crippen LogP contribution in [0.4, 0.5) is 0 Å². The van der Waals surface area contributed by atoms with Crippen LogP contribution in [-0.4, -0.2) is 44.2 Å². The van der Waals surface area contributed by atoms with Crippen molar-refractivity contribution < 1.29 is 14.1 Å². The van der Waals surface area contributed by atoms with Crippen molar-refractivity contribution in [2.45, 2.75) is 42.9 Å². The molecule has 0 radical (unpaired) electrons. The molecule has 3 aromatic carbocycles. The van der Waals surface area contributed by atoms with Crippen LogP contribution in [0.5, 0.6) is 0 Å². The number of nitrogens with two attached hydrogens (primary N) is 1. The van der Waals surface area contributed by atoms with Gasteiger partial charge in [-0.3, -0.25) is 4.79 Å². The Kier molecular flexibility index (Phi) is 6.13. The lowest BCUT2D eigenvalue weighted by atomic mass is 9.96. The Morgan fingerprint density at radius 1 is 1.03 bits per heavy atom. The zero-order chi connectivity index (χ0) is 25.6. The number of likely N-dealkylation sites (tertiary alicyclic amines) is 1. The Morgan fingerprint density at radius 2 is 1.81 bits per heavy atom. The van der Waals surface area contributed by atoms with E-state index in [-0.39, 0.29) is 28.1 Å². The summed E-state index contributed by atoms with van der Waals surface area (Å²) < 4.78 is 2.17. The normalized spacial score (nSPS) is 22.8. The smallest absolute Gasteiger partial charge is 0.325 e. The number of nitrogens with zero attached hydrogens (tertiary/aromatic N) is 3. The van der Waals surface area contributed by atoms with E-state index in [0.29, 0.717) is 13.0 Å². The van der Waals surface area contributed by atoms with E-state index in [2.05, 4.69) is 30.3 Å². The standard InChI is InChI=1S/C30H30N4O2S/c1-33-25-11-6-5-10-24(25)32-30(33)37-19-28(35)34(17-7-12-27(34)29(31)36)26-16-15-21-13-14-22(18-23(21)26)20-8-3-2-4-9-20/h2-6,8-11,13-14,18,26-27H,7,12,15-17,19H2,1H3,(H-,31,36)/p+1/t26?,27-,34?/m0/s1. The molecule has 188 valence electrons. The number of aryl methyl sites for hydroxylation is 2. The second-order valence-electron chi connectivity index (χ2n) is 10.2. The van der Waals surface area contributed by atoms with Crippen LogP contribution < -0.4 is 5.73 Å². The Balaban J connectivity index is 1.36. The molecule has 0 spiro atoms. The lowest BCUT2D eigenvalue weighted by Gasteiger charge is -2.41. The minimum Gasteiger partial charge on any atom is -0.364 e. The van der Waals surface area contributed by atoms with Crippen LogP contribution in [0.3, 0.4) is 0 Å². The molecule has 1 aliphatic carbocycles. The predicted molar refractivity (Wildman–Crippen MR) is 147 cm³/mol. The van der Waals surface area contributed by atoms with Crippen LogP contribution >= 0.6 is 11.8 Å². The fourth-order valence-electron chi connectivity index (χ4n) is 6.52. The van der Waals surface area contributed by atoms with Crippen molar-refractivity contribution in [3.63, 3.8) is 0 Å². The van der Waals surface area contributed by atoms with Gasteiger partial charge in [0.1, 0.15) is 11.8 Å². The number of carbonyl (C=O) groups excluding carboxylic acids is 2. The second kappa shape index (κ2) is 9.47. The molecule has 0 bridgehead atoms. The van der Waals surface area contributed by atoms with Gasteiger partial charge in [-0.15, -0.1) is 0 Å². The van der Waals surface area contributed by atoms with Crippen LogP contribution in [0.2, 0.25) is 0 Å². The van der Waals surface area contributed by atoms with Crippen molar-refractivity contribution >= 4 is 34.6 Å². The van der Waals surface area contributed by atoms with Gasteiger partial charge in [0.2, 0.25) is 0 Å². The SMILES string of the molecule is Cn1c(SCC(=O)[N+]2(C3CCc4ccc(-c5ccccc5)cc43)CCC[C@H]2C(N)=O)nc2ccccc21. The number of quaternary nitrogens is 1. The zero-order valence-corrected chi connectivity index (χ0v) is 21.8. The van der Waals surface area contributed by atoms with E-state index < -0.39 is 6.04 Å². The summed E-state index contributed by atoms with van der Waals surface area (Å²) in [5.74, 6) is -0.0434. The molecule has 2 aliphatic rings. The van der Waals surface area contributed by atoms with Crippen LogP contribution in [0.25, 0.3) is 22.2 Å². The molecule has 7 heteroatoms. The number of imidazole rings is 1. The number of fused-ring (bicyclic) bond motifs is 2. The van der Waals surface area contributed by atoms with E-state index in [1.54, 1.807) is 0 Å². The first kappa shape index (κ1) is 23.9. The minimum atomic E-state index is -0.495. The molecule has 6 nitrogen and oxygen atoms in total. The van der Waals surface area contributed by atoms with Gasteiger partial charge >= 0.3 is 5.91 Å². The number of para-hydroxylation sites is 2. The number of aromatic nitrogens is 2. The van der Waals surface area contributed by atoms with Gasteiger partial charge in [0.05, 0.1) is 17.6 Å². The molecule has 1 aromatic heterocycles. The number of hydrogen-bond donors (Lipinski definition) is 1. The maximum atomic E-state index is 14.2. The van der Waals surface area contributed by atoms with Gasteiger partial charge in [-0.1, -0.05) is 66.4 Å². The van der Waals surface area contributed by atoms with Crippen LogP contribution in [0.15, 0.2) is 78.0 Å². The molecule has 6 rings (SSSR count). The predicted octanol–water partition coefficient (Wildman–Crippen LogP) is 5.01. The van der Waals surface area contributed by atoms with Gasteiger partial charge in [0, 0.05) is 31.9 Å². The maximum absolute atomic E-state index is 14.2. The first-order chi connectivity index (χ1) is 18.0. The lowest BCUT2D eigenvalue weighted by molar-refractivity contribution is -0.887. The number of rotatable bonds is 6. The van der Waals surface area contributed by atoms with E-state index in [1.165, 1.54) is 22.9 Å². The fraction of sp³-hybridized carbons (Fsp3) is 0.300. The first-order valence-corrected chi connectivity index (χ1v) is 13.9. The van der Waals surface area contributed by atoms with Gasteiger partial charge in [-0.05, 0) is 41.3 Å². The molecule has 3 atom stereocenters. The summed E-state index contributed by atoms with van der Waals surface area (Å²) in [7, 11) is 1.98. The molecular formula is C30H31N4O2S+. The van der Waals surface area contributed by atoms with Gasteiger partial charge in [-0.25, -0.2) is 14.3 Å². The first-order valence-electron chi connectivity index (χ1n) is 12.9. The quantitative estimate of drug-likeness (QED) is 0.292. The third-order valence-corrected chi connectivity index (χ3v) is 9.30. The van der Waals surface area contributed by atoms with Gasteiger partial charge in [0.25, 0.3) is 5.91 Å². The molecule has 37 heavy (non-hydrogen) atoms. The summed E-state index contributed by atoms with van der Waals surface area (Å²) in [6.45, 7) is 0.648. The van der Waals surface area contributed by atoms with Gasteiger partial charge in [0.15, 0.2) is 11.2 Å². The summed E-state index contributed by atoms with van der Waals surface area (Å²) in [5.41, 5.74) is 12.7. The highest BCUT2D eigenvalue weighted by Crippen LogP contribution is 2.47. The summed E-state index contributed by atoms with van der Waals surface area (Å²) in [4.78, 5) is 31.7. The summed E-state index contributed by atoms with van der Waals surface area (Å²) in [6.07, 6.45) is 3.23. The van der Waals surface area contributed by atoms with E-state index >= 15 is 0 Å². The van der Waals surface area contributed by atoms with Crippen molar-refractivity contribution in [3.05, 3.63) is 83.9 Å². The molecule has 1 saturated heterocycles. The Bertz CT molecular complexity index is 1500. The minimum absolute atomic E-state index is 0.0628. The molecule has 2 N–H and O–H groups in total. The monoisotopic (exact) mass is 511 g/mol. The number of thioether (sulfide) groups is 1. The fourth-order valence-corrected chi connectivity index (χ4v) is 7.46.